The highest BCUT2D eigenvalue weighted by atomic mass is 19.1. The Balaban J connectivity index is 2.11. The highest BCUT2D eigenvalue weighted by Crippen LogP contribution is 2.22. The summed E-state index contributed by atoms with van der Waals surface area (Å²) in [5.74, 6) is -2.14. The van der Waals surface area contributed by atoms with Crippen molar-refractivity contribution in [1.82, 2.24) is 5.32 Å². The Labute approximate surface area is 106 Å². The van der Waals surface area contributed by atoms with Gasteiger partial charge in [0.25, 0.3) is 0 Å². The second kappa shape index (κ2) is 5.01. The molecule has 2 N–H and O–H groups in total. The number of anilines is 1. The average molecular weight is 267 g/mol. The lowest BCUT2D eigenvalue weighted by atomic mass is 10.1. The first kappa shape index (κ1) is 12.9. The Morgan fingerprint density at radius 2 is 2.26 bits per heavy atom. The number of nitro benzene ring substituents is 1. The third-order valence-corrected chi connectivity index (χ3v) is 2.76. The van der Waals surface area contributed by atoms with E-state index in [0.717, 1.165) is 12.1 Å². The van der Waals surface area contributed by atoms with E-state index in [0.29, 0.717) is 0 Å². The van der Waals surface area contributed by atoms with E-state index < -0.39 is 28.3 Å². The van der Waals surface area contributed by atoms with Crippen LogP contribution in [-0.2, 0) is 9.59 Å². The third-order valence-electron chi connectivity index (χ3n) is 2.76. The van der Waals surface area contributed by atoms with Crippen LogP contribution in [0.3, 0.4) is 0 Å². The van der Waals surface area contributed by atoms with E-state index in [1.165, 1.54) is 6.07 Å². The van der Waals surface area contributed by atoms with Gasteiger partial charge in [0.05, 0.1) is 10.8 Å². The van der Waals surface area contributed by atoms with Crippen LogP contribution in [0.2, 0.25) is 0 Å². The lowest BCUT2D eigenvalue weighted by Gasteiger charge is -2.09. The lowest BCUT2D eigenvalue weighted by Crippen LogP contribution is -2.24. The molecular formula is C11H10FN3O4. The minimum absolute atomic E-state index is 0.0785. The molecule has 1 heterocycles. The van der Waals surface area contributed by atoms with Crippen LogP contribution in [0.4, 0.5) is 15.8 Å². The van der Waals surface area contributed by atoms with E-state index >= 15 is 0 Å². The van der Waals surface area contributed by atoms with E-state index in [-0.39, 0.29) is 24.6 Å². The van der Waals surface area contributed by atoms with Crippen molar-refractivity contribution in [3.63, 3.8) is 0 Å². The molecule has 0 saturated carbocycles. The molecule has 2 amide bonds. The molecule has 7 nitrogen and oxygen atoms in total. The smallest absolute Gasteiger partial charge is 0.306 e. The first-order valence-electron chi connectivity index (χ1n) is 5.49. The fourth-order valence-electron chi connectivity index (χ4n) is 1.77. The van der Waals surface area contributed by atoms with Gasteiger partial charge in [-0.25, -0.2) is 0 Å². The number of nitrogens with one attached hydrogen (secondary N) is 2. The van der Waals surface area contributed by atoms with Crippen LogP contribution in [0, 0.1) is 21.8 Å². The molecule has 1 saturated heterocycles. The van der Waals surface area contributed by atoms with Crippen LogP contribution in [0.25, 0.3) is 0 Å². The van der Waals surface area contributed by atoms with Crippen LogP contribution in [0.5, 0.6) is 0 Å². The van der Waals surface area contributed by atoms with Gasteiger partial charge in [-0.2, -0.15) is 4.39 Å². The molecule has 0 bridgehead atoms. The van der Waals surface area contributed by atoms with E-state index in [4.69, 9.17) is 0 Å². The second-order valence-corrected chi connectivity index (χ2v) is 4.12. The predicted octanol–water partition coefficient (Wildman–Crippen LogP) is 0.808. The van der Waals surface area contributed by atoms with E-state index in [1.54, 1.807) is 0 Å². The second-order valence-electron chi connectivity index (χ2n) is 4.12. The minimum atomic E-state index is -0.972. The van der Waals surface area contributed by atoms with Crippen molar-refractivity contribution in [2.75, 3.05) is 11.9 Å². The molecule has 1 atom stereocenters. The Morgan fingerprint density at radius 1 is 1.53 bits per heavy atom. The number of nitro groups is 1. The number of halogens is 1. The molecule has 100 valence electrons. The van der Waals surface area contributed by atoms with Crippen molar-refractivity contribution in [3.05, 3.63) is 34.1 Å². The van der Waals surface area contributed by atoms with Crippen molar-refractivity contribution >= 4 is 23.2 Å². The topological polar surface area (TPSA) is 101 Å². The molecule has 0 aromatic heterocycles. The van der Waals surface area contributed by atoms with E-state index in [1.807, 2.05) is 0 Å². The number of hydrogen-bond acceptors (Lipinski definition) is 4. The molecule has 0 spiro atoms. The lowest BCUT2D eigenvalue weighted by molar-refractivity contribution is -0.387. The van der Waals surface area contributed by atoms with Gasteiger partial charge in [0.1, 0.15) is 0 Å². The van der Waals surface area contributed by atoms with E-state index in [2.05, 4.69) is 10.6 Å². The van der Waals surface area contributed by atoms with Crippen molar-refractivity contribution in [1.29, 1.82) is 0 Å². The molecule has 0 radical (unpaired) electrons. The third kappa shape index (κ3) is 2.84. The Bertz CT molecular complexity index is 561. The Kier molecular flexibility index (Phi) is 3.41. The van der Waals surface area contributed by atoms with Crippen molar-refractivity contribution in [2.45, 2.75) is 6.42 Å². The van der Waals surface area contributed by atoms with E-state index in [9.17, 15) is 24.1 Å². The van der Waals surface area contributed by atoms with Crippen LogP contribution in [0.15, 0.2) is 18.2 Å². The van der Waals surface area contributed by atoms with Gasteiger partial charge in [-0.05, 0) is 12.1 Å². The first-order chi connectivity index (χ1) is 8.97. The zero-order chi connectivity index (χ0) is 14.0. The molecule has 1 aliphatic rings. The van der Waals surface area contributed by atoms with Crippen molar-refractivity contribution in [2.24, 2.45) is 5.92 Å². The summed E-state index contributed by atoms with van der Waals surface area (Å²) in [6, 6.07) is 3.08. The number of carbonyl (C=O) groups is 2. The molecule has 1 aliphatic heterocycles. The summed E-state index contributed by atoms with van der Waals surface area (Å²) in [5, 5.41) is 15.5. The maximum Gasteiger partial charge on any atom is 0.306 e. The maximum atomic E-state index is 13.1. The Hall–Kier alpha value is -2.51. The SMILES string of the molecule is O=C1CC(C(=O)Nc2ccc(F)c([N+](=O)[O-])c2)CN1. The largest absolute Gasteiger partial charge is 0.355 e. The molecule has 1 fully saturated rings. The first-order valence-corrected chi connectivity index (χ1v) is 5.49. The quantitative estimate of drug-likeness (QED) is 0.625. The monoisotopic (exact) mass is 267 g/mol. The highest BCUT2D eigenvalue weighted by Gasteiger charge is 2.28. The van der Waals surface area contributed by atoms with Gasteiger partial charge in [-0.15, -0.1) is 0 Å². The summed E-state index contributed by atoms with van der Waals surface area (Å²) in [5.41, 5.74) is -0.587. The zero-order valence-electron chi connectivity index (χ0n) is 9.68. The molecule has 1 aromatic rings. The zero-order valence-corrected chi connectivity index (χ0v) is 9.68. The van der Waals surface area contributed by atoms with Gasteiger partial charge in [0, 0.05) is 24.7 Å². The summed E-state index contributed by atoms with van der Waals surface area (Å²) >= 11 is 0. The molecular weight excluding hydrogens is 257 g/mol. The average Bonchev–Trinajstić information content (AvgIpc) is 2.78. The number of hydrogen-bond donors (Lipinski definition) is 2. The number of benzene rings is 1. The molecule has 2 rings (SSSR count). The fraction of sp³-hybridized carbons (Fsp3) is 0.273. The normalized spacial score (nSPS) is 17.9. The van der Waals surface area contributed by atoms with Crippen molar-refractivity contribution in [3.8, 4) is 0 Å². The van der Waals surface area contributed by atoms with Crippen LogP contribution in [0.1, 0.15) is 6.42 Å². The predicted molar refractivity (Wildman–Crippen MR) is 62.8 cm³/mol. The fourth-order valence-corrected chi connectivity index (χ4v) is 1.77. The summed E-state index contributed by atoms with van der Waals surface area (Å²) in [6.45, 7) is 0.230. The molecule has 0 aliphatic carbocycles. The summed E-state index contributed by atoms with van der Waals surface area (Å²) in [7, 11) is 0. The summed E-state index contributed by atoms with van der Waals surface area (Å²) in [6.07, 6.45) is 0.0785. The molecule has 8 heteroatoms. The van der Waals surface area contributed by atoms with Crippen LogP contribution < -0.4 is 10.6 Å². The van der Waals surface area contributed by atoms with Gasteiger partial charge in [-0.1, -0.05) is 0 Å². The van der Waals surface area contributed by atoms with Crippen LogP contribution >= 0.6 is 0 Å². The number of carbonyl (C=O) groups excluding carboxylic acids is 2. The van der Waals surface area contributed by atoms with Gasteiger partial charge in [-0.3, -0.25) is 19.7 Å². The minimum Gasteiger partial charge on any atom is -0.355 e. The molecule has 1 unspecified atom stereocenters. The standard InChI is InChI=1S/C11H10FN3O4/c12-8-2-1-7(4-9(8)15(18)19)14-11(17)6-3-10(16)13-5-6/h1-2,4,6H,3,5H2,(H,13,16)(H,14,17). The summed E-state index contributed by atoms with van der Waals surface area (Å²) < 4.78 is 13.1. The van der Waals surface area contributed by atoms with Gasteiger partial charge in [0.2, 0.25) is 17.6 Å². The number of rotatable bonds is 3. The highest BCUT2D eigenvalue weighted by molar-refractivity contribution is 5.97. The van der Waals surface area contributed by atoms with Gasteiger partial charge < -0.3 is 10.6 Å². The van der Waals surface area contributed by atoms with Crippen molar-refractivity contribution < 1.29 is 18.9 Å². The number of nitrogens with zero attached hydrogens (tertiary/aromatic N) is 1. The molecule has 19 heavy (non-hydrogen) atoms. The van der Waals surface area contributed by atoms with Gasteiger partial charge >= 0.3 is 5.69 Å². The molecule has 1 aromatic carbocycles. The maximum absolute atomic E-state index is 13.1. The number of amides is 2. The Morgan fingerprint density at radius 3 is 2.84 bits per heavy atom. The van der Waals surface area contributed by atoms with Gasteiger partial charge in [0.15, 0.2) is 0 Å². The van der Waals surface area contributed by atoms with Crippen LogP contribution in [-0.4, -0.2) is 23.3 Å². The summed E-state index contributed by atoms with van der Waals surface area (Å²) in [4.78, 5) is 32.4.